The Hall–Kier alpha value is -4.06. The Balaban J connectivity index is 1.69. The van der Waals surface area contributed by atoms with Crippen molar-refractivity contribution in [2.75, 3.05) is 5.43 Å². The summed E-state index contributed by atoms with van der Waals surface area (Å²) < 4.78 is 40.7. The smallest absolute Gasteiger partial charge is 0.417 e. The number of hydrogen-bond acceptors (Lipinski definition) is 5. The molecule has 4 aromatic rings. The van der Waals surface area contributed by atoms with E-state index >= 15 is 0 Å². The van der Waals surface area contributed by atoms with Gasteiger partial charge in [-0.1, -0.05) is 6.07 Å². The van der Waals surface area contributed by atoms with Crippen LogP contribution >= 0.6 is 15.9 Å². The fourth-order valence-electron chi connectivity index (χ4n) is 3.18. The maximum Gasteiger partial charge on any atom is 0.417 e. The highest BCUT2D eigenvalue weighted by molar-refractivity contribution is 9.10. The first-order chi connectivity index (χ1) is 16.0. The SMILES string of the molecule is O=C(Nn1nc(-c2ccc(C(=O)O)c(C(F)(F)F)c2)ccc1=O)c1ccc2ncc(Br)cc2c1. The summed E-state index contributed by atoms with van der Waals surface area (Å²) in [5.74, 6) is -2.42. The second kappa shape index (κ2) is 8.71. The van der Waals surface area contributed by atoms with Gasteiger partial charge < -0.3 is 5.11 Å². The number of rotatable bonds is 4. The second-order valence-corrected chi connectivity index (χ2v) is 7.95. The lowest BCUT2D eigenvalue weighted by molar-refractivity contribution is -0.138. The molecule has 0 atom stereocenters. The number of fused-ring (bicyclic) bond motifs is 1. The molecular weight excluding hydrogens is 521 g/mol. The molecule has 0 spiro atoms. The van der Waals surface area contributed by atoms with Crippen molar-refractivity contribution < 1.29 is 27.9 Å². The van der Waals surface area contributed by atoms with Crippen LogP contribution in [-0.4, -0.2) is 31.9 Å². The van der Waals surface area contributed by atoms with E-state index in [1.807, 2.05) is 0 Å². The van der Waals surface area contributed by atoms with Crippen molar-refractivity contribution in [1.82, 2.24) is 14.9 Å². The van der Waals surface area contributed by atoms with Gasteiger partial charge in [0, 0.05) is 33.2 Å². The number of carboxylic acid groups (broad SMARTS) is 1. The van der Waals surface area contributed by atoms with Gasteiger partial charge in [0.25, 0.3) is 11.5 Å². The van der Waals surface area contributed by atoms with Crippen LogP contribution in [0.15, 0.2) is 70.1 Å². The van der Waals surface area contributed by atoms with Crippen LogP contribution in [0.4, 0.5) is 13.2 Å². The van der Waals surface area contributed by atoms with Crippen LogP contribution in [0.5, 0.6) is 0 Å². The lowest BCUT2D eigenvalue weighted by atomic mass is 10.0. The first-order valence-electron chi connectivity index (χ1n) is 9.45. The zero-order valence-corrected chi connectivity index (χ0v) is 18.4. The van der Waals surface area contributed by atoms with Gasteiger partial charge in [-0.3, -0.25) is 14.6 Å². The van der Waals surface area contributed by atoms with Gasteiger partial charge in [-0.25, -0.2) is 10.2 Å². The van der Waals surface area contributed by atoms with Crippen molar-refractivity contribution in [3.63, 3.8) is 0 Å². The summed E-state index contributed by atoms with van der Waals surface area (Å²) in [6.07, 6.45) is -3.32. The molecule has 0 aliphatic carbocycles. The molecule has 0 unspecified atom stereocenters. The summed E-state index contributed by atoms with van der Waals surface area (Å²) in [7, 11) is 0. The summed E-state index contributed by atoms with van der Waals surface area (Å²) in [6.45, 7) is 0. The number of alkyl halides is 3. The highest BCUT2D eigenvalue weighted by Gasteiger charge is 2.35. The molecule has 0 fully saturated rings. The predicted octanol–water partition coefficient (Wildman–Crippen LogP) is 4.32. The monoisotopic (exact) mass is 532 g/mol. The maximum absolute atomic E-state index is 13.3. The molecule has 2 aromatic heterocycles. The van der Waals surface area contributed by atoms with E-state index in [0.29, 0.717) is 26.2 Å². The van der Waals surface area contributed by atoms with E-state index in [2.05, 4.69) is 31.4 Å². The van der Waals surface area contributed by atoms with Crippen LogP contribution < -0.4 is 11.0 Å². The number of amides is 1. The molecule has 0 bridgehead atoms. The molecular formula is C22H12BrF3N4O4. The van der Waals surface area contributed by atoms with Gasteiger partial charge in [0.15, 0.2) is 0 Å². The lowest BCUT2D eigenvalue weighted by Crippen LogP contribution is -2.34. The minimum Gasteiger partial charge on any atom is -0.478 e. The Morgan fingerprint density at radius 3 is 2.50 bits per heavy atom. The van der Waals surface area contributed by atoms with Gasteiger partial charge in [0.1, 0.15) is 0 Å². The number of carbonyl (C=O) groups excluding carboxylic acids is 1. The second-order valence-electron chi connectivity index (χ2n) is 7.03. The molecule has 1 amide bonds. The minimum absolute atomic E-state index is 0.0889. The molecule has 172 valence electrons. The molecule has 0 radical (unpaired) electrons. The number of benzene rings is 2. The molecule has 2 aromatic carbocycles. The van der Waals surface area contributed by atoms with E-state index in [1.54, 1.807) is 24.4 Å². The third kappa shape index (κ3) is 4.66. The summed E-state index contributed by atoms with van der Waals surface area (Å²) in [5, 5.41) is 13.6. The van der Waals surface area contributed by atoms with E-state index in [-0.39, 0.29) is 16.8 Å². The number of halogens is 4. The van der Waals surface area contributed by atoms with Gasteiger partial charge in [-0.05, 0) is 58.4 Å². The van der Waals surface area contributed by atoms with Crippen LogP contribution in [0.1, 0.15) is 26.3 Å². The number of pyridine rings is 1. The highest BCUT2D eigenvalue weighted by atomic mass is 79.9. The minimum atomic E-state index is -4.92. The summed E-state index contributed by atoms with van der Waals surface area (Å²) >= 11 is 3.30. The molecule has 12 heteroatoms. The van der Waals surface area contributed by atoms with Crippen LogP contribution in [-0.2, 0) is 6.18 Å². The molecule has 2 heterocycles. The Morgan fingerprint density at radius 1 is 1.03 bits per heavy atom. The van der Waals surface area contributed by atoms with Gasteiger partial charge >= 0.3 is 12.1 Å². The summed E-state index contributed by atoms with van der Waals surface area (Å²) in [6, 6.07) is 11.2. The summed E-state index contributed by atoms with van der Waals surface area (Å²) in [4.78, 5) is 40.9. The Morgan fingerprint density at radius 2 is 1.79 bits per heavy atom. The number of carboxylic acids is 1. The number of nitrogens with one attached hydrogen (secondary N) is 1. The first-order valence-corrected chi connectivity index (χ1v) is 10.2. The largest absolute Gasteiger partial charge is 0.478 e. The van der Waals surface area contributed by atoms with Crippen molar-refractivity contribution in [3.8, 4) is 11.3 Å². The first kappa shape index (κ1) is 23.1. The van der Waals surface area contributed by atoms with E-state index < -0.39 is 34.7 Å². The third-order valence-electron chi connectivity index (χ3n) is 4.77. The number of nitrogens with zero attached hydrogens (tertiary/aromatic N) is 3. The van der Waals surface area contributed by atoms with Crippen molar-refractivity contribution in [3.05, 3.63) is 92.3 Å². The number of aromatic nitrogens is 3. The molecule has 0 aliphatic heterocycles. The van der Waals surface area contributed by atoms with Gasteiger partial charge in [0.05, 0.1) is 22.3 Å². The molecule has 0 saturated carbocycles. The van der Waals surface area contributed by atoms with E-state index in [0.717, 1.165) is 18.2 Å². The maximum atomic E-state index is 13.3. The molecule has 34 heavy (non-hydrogen) atoms. The van der Waals surface area contributed by atoms with Crippen LogP contribution in [0.3, 0.4) is 0 Å². The Labute approximate surface area is 196 Å². The molecule has 8 nitrogen and oxygen atoms in total. The summed E-state index contributed by atoms with van der Waals surface area (Å²) in [5.41, 5.74) is -0.0764. The molecule has 4 rings (SSSR count). The average molecular weight is 533 g/mol. The van der Waals surface area contributed by atoms with E-state index in [4.69, 9.17) is 5.11 Å². The molecule has 0 saturated heterocycles. The van der Waals surface area contributed by atoms with Gasteiger partial charge in [-0.2, -0.15) is 13.2 Å². The number of aromatic carboxylic acids is 1. The number of hydrogen-bond donors (Lipinski definition) is 2. The predicted molar refractivity (Wildman–Crippen MR) is 119 cm³/mol. The van der Waals surface area contributed by atoms with E-state index in [1.165, 1.54) is 12.1 Å². The topological polar surface area (TPSA) is 114 Å². The standard InChI is InChI=1S/C22H12BrF3N4O4/c23-14-8-13-7-12(2-4-17(13)27-10-14)20(32)29-30-19(31)6-5-18(28-30)11-1-3-15(21(33)34)16(9-11)22(24,25)26/h1-10H,(H,29,32)(H,33,34). The third-order valence-corrected chi connectivity index (χ3v) is 5.20. The molecule has 0 aliphatic rings. The van der Waals surface area contributed by atoms with Crippen molar-refractivity contribution in [1.29, 1.82) is 0 Å². The van der Waals surface area contributed by atoms with E-state index in [9.17, 15) is 27.6 Å². The fraction of sp³-hybridized carbons (Fsp3) is 0.0455. The van der Waals surface area contributed by atoms with Gasteiger partial charge in [-0.15, -0.1) is 9.89 Å². The van der Waals surface area contributed by atoms with Gasteiger partial charge in [0.2, 0.25) is 0 Å². The zero-order chi connectivity index (χ0) is 24.6. The highest BCUT2D eigenvalue weighted by Crippen LogP contribution is 2.34. The molecule has 2 N–H and O–H groups in total. The van der Waals surface area contributed by atoms with Crippen LogP contribution in [0, 0.1) is 0 Å². The van der Waals surface area contributed by atoms with Crippen molar-refractivity contribution in [2.24, 2.45) is 0 Å². The lowest BCUT2D eigenvalue weighted by Gasteiger charge is -2.13. The fourth-order valence-corrected chi connectivity index (χ4v) is 3.53. The van der Waals surface area contributed by atoms with Crippen molar-refractivity contribution in [2.45, 2.75) is 6.18 Å². The normalized spacial score (nSPS) is 11.4. The average Bonchev–Trinajstić information content (AvgIpc) is 2.79. The van der Waals surface area contributed by atoms with Crippen LogP contribution in [0.25, 0.3) is 22.2 Å². The number of carbonyl (C=O) groups is 2. The van der Waals surface area contributed by atoms with Crippen LogP contribution in [0.2, 0.25) is 0 Å². The Bertz CT molecular complexity index is 1520. The zero-order valence-electron chi connectivity index (χ0n) is 16.8. The quantitative estimate of drug-likeness (QED) is 0.404. The Kier molecular flexibility index (Phi) is 5.92. The van der Waals surface area contributed by atoms with Crippen molar-refractivity contribution >= 4 is 38.7 Å².